The summed E-state index contributed by atoms with van der Waals surface area (Å²) in [4.78, 5) is 4.42. The van der Waals surface area contributed by atoms with Gasteiger partial charge in [-0.1, -0.05) is 49.7 Å². The van der Waals surface area contributed by atoms with Gasteiger partial charge in [-0.05, 0) is 24.1 Å². The zero-order valence-electron chi connectivity index (χ0n) is 11.5. The van der Waals surface area contributed by atoms with Gasteiger partial charge in [0, 0.05) is 30.9 Å². The molecule has 2 nitrogen and oxygen atoms in total. The highest BCUT2D eigenvalue weighted by Crippen LogP contribution is 2.07. The van der Waals surface area contributed by atoms with Crippen molar-refractivity contribution in [2.45, 2.75) is 38.8 Å². The van der Waals surface area contributed by atoms with Gasteiger partial charge in [-0.2, -0.15) is 0 Å². The lowest BCUT2D eigenvalue weighted by molar-refractivity contribution is 0.468. The van der Waals surface area contributed by atoms with Crippen LogP contribution in [0.25, 0.3) is 0 Å². The lowest BCUT2D eigenvalue weighted by Crippen LogP contribution is -2.30. The number of hydrogen-bond donors (Lipinski definition) is 1. The van der Waals surface area contributed by atoms with E-state index < -0.39 is 0 Å². The Kier molecular flexibility index (Phi) is 5.57. The maximum Gasteiger partial charge on any atom is 0.0419 e. The van der Waals surface area contributed by atoms with Crippen molar-refractivity contribution in [3.8, 4) is 0 Å². The molecule has 1 aromatic carbocycles. The van der Waals surface area contributed by atoms with Gasteiger partial charge >= 0.3 is 0 Å². The highest BCUT2D eigenvalue weighted by atomic mass is 14.9. The Labute approximate surface area is 115 Å². The standard InChI is InChI=1S/C17H22N2/c1-2-8-16(13-17-11-6-7-12-18-17)19-14-15-9-4-3-5-10-15/h3-7,9-12,16,19H,2,8,13-14H2,1H3. The van der Waals surface area contributed by atoms with Gasteiger partial charge in [0.05, 0.1) is 0 Å². The molecule has 0 radical (unpaired) electrons. The predicted octanol–water partition coefficient (Wildman–Crippen LogP) is 3.58. The summed E-state index contributed by atoms with van der Waals surface area (Å²) in [5, 5.41) is 3.65. The molecular weight excluding hydrogens is 232 g/mol. The summed E-state index contributed by atoms with van der Waals surface area (Å²) in [5.74, 6) is 0. The Morgan fingerprint density at radius 2 is 1.84 bits per heavy atom. The van der Waals surface area contributed by atoms with Crippen LogP contribution in [0.3, 0.4) is 0 Å². The number of nitrogens with one attached hydrogen (secondary N) is 1. The van der Waals surface area contributed by atoms with E-state index in [1.54, 1.807) is 0 Å². The fraction of sp³-hybridized carbons (Fsp3) is 0.353. The first-order chi connectivity index (χ1) is 9.38. The first-order valence-corrected chi connectivity index (χ1v) is 7.05. The first kappa shape index (κ1) is 13.8. The third-order valence-electron chi connectivity index (χ3n) is 3.26. The van der Waals surface area contributed by atoms with Crippen LogP contribution in [0.1, 0.15) is 31.0 Å². The quantitative estimate of drug-likeness (QED) is 0.817. The molecule has 0 bridgehead atoms. The van der Waals surface area contributed by atoms with Crippen LogP contribution in [-0.2, 0) is 13.0 Å². The van der Waals surface area contributed by atoms with Crippen molar-refractivity contribution in [3.63, 3.8) is 0 Å². The topological polar surface area (TPSA) is 24.9 Å². The third-order valence-corrected chi connectivity index (χ3v) is 3.26. The molecule has 1 aromatic heterocycles. The maximum absolute atomic E-state index is 4.42. The number of benzene rings is 1. The van der Waals surface area contributed by atoms with Crippen LogP contribution in [0.5, 0.6) is 0 Å². The van der Waals surface area contributed by atoms with E-state index in [4.69, 9.17) is 0 Å². The molecular formula is C17H22N2. The van der Waals surface area contributed by atoms with Crippen molar-refractivity contribution >= 4 is 0 Å². The van der Waals surface area contributed by atoms with Crippen molar-refractivity contribution in [2.75, 3.05) is 0 Å². The summed E-state index contributed by atoms with van der Waals surface area (Å²) in [5.41, 5.74) is 2.51. The summed E-state index contributed by atoms with van der Waals surface area (Å²) in [6.45, 7) is 3.16. The van der Waals surface area contributed by atoms with E-state index >= 15 is 0 Å². The molecule has 0 spiro atoms. The second-order valence-electron chi connectivity index (χ2n) is 4.88. The van der Waals surface area contributed by atoms with E-state index in [2.05, 4.69) is 59.7 Å². The van der Waals surface area contributed by atoms with E-state index in [1.165, 1.54) is 24.1 Å². The highest BCUT2D eigenvalue weighted by Gasteiger charge is 2.08. The average Bonchev–Trinajstić information content (AvgIpc) is 2.47. The maximum atomic E-state index is 4.42. The van der Waals surface area contributed by atoms with Gasteiger partial charge in [0.15, 0.2) is 0 Å². The van der Waals surface area contributed by atoms with Gasteiger partial charge in [0.2, 0.25) is 0 Å². The SMILES string of the molecule is CCCC(Cc1ccccn1)NCc1ccccc1. The van der Waals surface area contributed by atoms with Gasteiger partial charge in [-0.25, -0.2) is 0 Å². The minimum Gasteiger partial charge on any atom is -0.310 e. The zero-order chi connectivity index (χ0) is 13.3. The van der Waals surface area contributed by atoms with Gasteiger partial charge in [-0.15, -0.1) is 0 Å². The van der Waals surface area contributed by atoms with E-state index in [0.717, 1.165) is 13.0 Å². The molecule has 19 heavy (non-hydrogen) atoms. The first-order valence-electron chi connectivity index (χ1n) is 7.05. The summed E-state index contributed by atoms with van der Waals surface area (Å²) in [6, 6.07) is 17.2. The van der Waals surface area contributed by atoms with Crippen LogP contribution in [-0.4, -0.2) is 11.0 Å². The Morgan fingerprint density at radius 3 is 2.53 bits per heavy atom. The Morgan fingerprint density at radius 1 is 1.05 bits per heavy atom. The van der Waals surface area contributed by atoms with E-state index in [0.29, 0.717) is 6.04 Å². The fourth-order valence-corrected chi connectivity index (χ4v) is 2.25. The molecule has 1 heterocycles. The molecule has 2 heteroatoms. The van der Waals surface area contributed by atoms with Gasteiger partial charge < -0.3 is 5.32 Å². The van der Waals surface area contributed by atoms with E-state index in [9.17, 15) is 0 Å². The molecule has 0 amide bonds. The lowest BCUT2D eigenvalue weighted by Gasteiger charge is -2.18. The molecule has 0 saturated heterocycles. The van der Waals surface area contributed by atoms with Crippen LogP contribution in [0.2, 0.25) is 0 Å². The molecule has 100 valence electrons. The van der Waals surface area contributed by atoms with E-state index in [-0.39, 0.29) is 0 Å². The summed E-state index contributed by atoms with van der Waals surface area (Å²) < 4.78 is 0. The molecule has 1 unspecified atom stereocenters. The van der Waals surface area contributed by atoms with Gasteiger partial charge in [0.25, 0.3) is 0 Å². The van der Waals surface area contributed by atoms with Crippen LogP contribution in [0.4, 0.5) is 0 Å². The molecule has 0 aliphatic rings. The third kappa shape index (κ3) is 4.84. The molecule has 0 aliphatic carbocycles. The predicted molar refractivity (Wildman–Crippen MR) is 79.9 cm³/mol. The fourth-order valence-electron chi connectivity index (χ4n) is 2.25. The Bertz CT molecular complexity index is 453. The average molecular weight is 254 g/mol. The second-order valence-corrected chi connectivity index (χ2v) is 4.88. The molecule has 0 saturated carbocycles. The highest BCUT2D eigenvalue weighted by molar-refractivity contribution is 5.14. The summed E-state index contributed by atoms with van der Waals surface area (Å²) in [6.07, 6.45) is 5.25. The number of rotatable bonds is 7. The number of pyridine rings is 1. The minimum atomic E-state index is 0.500. The second kappa shape index (κ2) is 7.70. The normalized spacial score (nSPS) is 12.3. The van der Waals surface area contributed by atoms with Crippen molar-refractivity contribution in [2.24, 2.45) is 0 Å². The van der Waals surface area contributed by atoms with Gasteiger partial charge in [-0.3, -0.25) is 4.98 Å². The van der Waals surface area contributed by atoms with Crippen LogP contribution in [0, 0.1) is 0 Å². The summed E-state index contributed by atoms with van der Waals surface area (Å²) >= 11 is 0. The van der Waals surface area contributed by atoms with Crippen LogP contribution in [0.15, 0.2) is 54.7 Å². The molecule has 1 N–H and O–H groups in total. The Hall–Kier alpha value is -1.67. The molecule has 2 aromatic rings. The largest absolute Gasteiger partial charge is 0.310 e. The number of nitrogens with zero attached hydrogens (tertiary/aromatic N) is 1. The molecule has 1 atom stereocenters. The molecule has 0 fully saturated rings. The Balaban J connectivity index is 1.89. The monoisotopic (exact) mass is 254 g/mol. The molecule has 0 aliphatic heterocycles. The molecule has 2 rings (SSSR count). The summed E-state index contributed by atoms with van der Waals surface area (Å²) in [7, 11) is 0. The smallest absolute Gasteiger partial charge is 0.0419 e. The minimum absolute atomic E-state index is 0.500. The van der Waals surface area contributed by atoms with Crippen molar-refractivity contribution in [3.05, 3.63) is 66.0 Å². The van der Waals surface area contributed by atoms with Crippen LogP contribution >= 0.6 is 0 Å². The van der Waals surface area contributed by atoms with Crippen LogP contribution < -0.4 is 5.32 Å². The van der Waals surface area contributed by atoms with Crippen molar-refractivity contribution < 1.29 is 0 Å². The zero-order valence-corrected chi connectivity index (χ0v) is 11.5. The van der Waals surface area contributed by atoms with Crippen molar-refractivity contribution in [1.29, 1.82) is 0 Å². The van der Waals surface area contributed by atoms with Gasteiger partial charge in [0.1, 0.15) is 0 Å². The number of hydrogen-bond acceptors (Lipinski definition) is 2. The number of aromatic nitrogens is 1. The van der Waals surface area contributed by atoms with E-state index in [1.807, 2.05) is 12.3 Å². The lowest BCUT2D eigenvalue weighted by atomic mass is 10.1. The van der Waals surface area contributed by atoms with Crippen molar-refractivity contribution in [1.82, 2.24) is 10.3 Å².